The highest BCUT2D eigenvalue weighted by molar-refractivity contribution is 7.80. The first-order chi connectivity index (χ1) is 6.61. The SMILES string of the molecule is NC(NC(=S)c1ccccc1)C(Cl)Cl. The molecule has 0 spiro atoms. The van der Waals surface area contributed by atoms with Crippen LogP contribution in [0.2, 0.25) is 0 Å². The molecule has 0 aliphatic heterocycles. The van der Waals surface area contributed by atoms with Crippen LogP contribution in [0.3, 0.4) is 0 Å². The molecule has 0 radical (unpaired) electrons. The average molecular weight is 249 g/mol. The minimum Gasteiger partial charge on any atom is -0.358 e. The molecule has 0 aliphatic carbocycles. The first kappa shape index (κ1) is 11.7. The normalized spacial score (nSPS) is 12.6. The summed E-state index contributed by atoms with van der Waals surface area (Å²) in [5, 5.41) is 2.84. The van der Waals surface area contributed by atoms with Crippen molar-refractivity contribution in [2.45, 2.75) is 11.0 Å². The van der Waals surface area contributed by atoms with Gasteiger partial charge in [0, 0.05) is 5.56 Å². The van der Waals surface area contributed by atoms with Crippen molar-refractivity contribution < 1.29 is 0 Å². The summed E-state index contributed by atoms with van der Waals surface area (Å²) >= 11 is 16.3. The van der Waals surface area contributed by atoms with E-state index in [0.717, 1.165) is 5.56 Å². The molecule has 1 unspecified atom stereocenters. The topological polar surface area (TPSA) is 38.0 Å². The van der Waals surface area contributed by atoms with Gasteiger partial charge >= 0.3 is 0 Å². The third-order valence-corrected chi connectivity index (χ3v) is 2.50. The monoisotopic (exact) mass is 248 g/mol. The van der Waals surface area contributed by atoms with Gasteiger partial charge in [-0.15, -0.1) is 23.2 Å². The Morgan fingerprint density at radius 1 is 1.29 bits per heavy atom. The summed E-state index contributed by atoms with van der Waals surface area (Å²) in [7, 11) is 0. The van der Waals surface area contributed by atoms with Crippen molar-refractivity contribution in [1.82, 2.24) is 5.32 Å². The fourth-order valence-electron chi connectivity index (χ4n) is 0.887. The van der Waals surface area contributed by atoms with Gasteiger partial charge in [0.2, 0.25) is 0 Å². The predicted octanol–water partition coefficient (Wildman–Crippen LogP) is 2.04. The largest absolute Gasteiger partial charge is 0.358 e. The molecule has 0 saturated heterocycles. The number of thiocarbonyl (C=S) groups is 1. The number of nitrogens with one attached hydrogen (secondary N) is 1. The second-order valence-corrected chi connectivity index (χ2v) is 4.27. The van der Waals surface area contributed by atoms with Crippen molar-refractivity contribution >= 4 is 40.4 Å². The van der Waals surface area contributed by atoms with Crippen molar-refractivity contribution in [3.8, 4) is 0 Å². The van der Waals surface area contributed by atoms with Crippen LogP contribution in [0, 0.1) is 0 Å². The molecule has 0 saturated carbocycles. The van der Waals surface area contributed by atoms with Gasteiger partial charge in [-0.1, -0.05) is 42.5 Å². The Kier molecular flexibility index (Phi) is 4.62. The van der Waals surface area contributed by atoms with E-state index in [0.29, 0.717) is 4.99 Å². The lowest BCUT2D eigenvalue weighted by Gasteiger charge is -2.16. The van der Waals surface area contributed by atoms with Crippen LogP contribution in [0.1, 0.15) is 5.56 Å². The van der Waals surface area contributed by atoms with E-state index in [1.165, 1.54) is 0 Å². The lowest BCUT2D eigenvalue weighted by atomic mass is 10.2. The van der Waals surface area contributed by atoms with Crippen molar-refractivity contribution in [1.29, 1.82) is 0 Å². The minimum absolute atomic E-state index is 0.546. The van der Waals surface area contributed by atoms with Gasteiger partial charge in [-0.3, -0.25) is 0 Å². The average Bonchev–Trinajstić information content (AvgIpc) is 2.19. The van der Waals surface area contributed by atoms with E-state index >= 15 is 0 Å². The molecule has 0 aliphatic rings. The number of hydrogen-bond acceptors (Lipinski definition) is 2. The van der Waals surface area contributed by atoms with Crippen LogP contribution in [-0.4, -0.2) is 16.0 Å². The molecule has 0 fully saturated rings. The van der Waals surface area contributed by atoms with Crippen LogP contribution in [0.5, 0.6) is 0 Å². The molecular weight excluding hydrogens is 239 g/mol. The Bertz CT molecular complexity index is 303. The molecule has 1 aromatic rings. The molecule has 1 atom stereocenters. The number of halogens is 2. The number of hydrogen-bond donors (Lipinski definition) is 2. The Morgan fingerprint density at radius 3 is 2.36 bits per heavy atom. The highest BCUT2D eigenvalue weighted by Gasteiger charge is 2.12. The maximum atomic E-state index is 5.59. The molecule has 0 aromatic heterocycles. The van der Waals surface area contributed by atoms with Crippen molar-refractivity contribution in [3.05, 3.63) is 35.9 Å². The van der Waals surface area contributed by atoms with Gasteiger partial charge in [-0.05, 0) is 0 Å². The number of benzene rings is 1. The van der Waals surface area contributed by atoms with Gasteiger partial charge in [0.25, 0.3) is 0 Å². The predicted molar refractivity (Wildman–Crippen MR) is 64.7 cm³/mol. The van der Waals surface area contributed by atoms with E-state index < -0.39 is 11.0 Å². The lowest BCUT2D eigenvalue weighted by Crippen LogP contribution is -2.45. The first-order valence-corrected chi connectivity index (χ1v) is 5.29. The Balaban J connectivity index is 2.60. The van der Waals surface area contributed by atoms with Crippen LogP contribution in [0.4, 0.5) is 0 Å². The van der Waals surface area contributed by atoms with Gasteiger partial charge in [0.05, 0.1) is 0 Å². The van der Waals surface area contributed by atoms with Crippen LogP contribution < -0.4 is 11.1 Å². The third-order valence-electron chi connectivity index (χ3n) is 1.61. The maximum absolute atomic E-state index is 5.59. The second-order valence-electron chi connectivity index (χ2n) is 2.70. The summed E-state index contributed by atoms with van der Waals surface area (Å²) in [6, 6.07) is 9.48. The maximum Gasteiger partial charge on any atom is 0.140 e. The van der Waals surface area contributed by atoms with Crippen molar-refractivity contribution in [2.24, 2.45) is 5.73 Å². The molecule has 3 N–H and O–H groups in total. The Labute approximate surface area is 98.4 Å². The summed E-state index contributed by atoms with van der Waals surface area (Å²) in [5.41, 5.74) is 6.49. The Hall–Kier alpha value is -0.350. The molecule has 0 bridgehead atoms. The van der Waals surface area contributed by atoms with Gasteiger partial charge in [-0.2, -0.15) is 0 Å². The molecule has 14 heavy (non-hydrogen) atoms. The van der Waals surface area contributed by atoms with E-state index in [4.69, 9.17) is 41.2 Å². The highest BCUT2D eigenvalue weighted by Crippen LogP contribution is 2.05. The molecule has 0 amide bonds. The standard InChI is InChI=1S/C9H10Cl2N2S/c10-7(11)8(12)13-9(14)6-4-2-1-3-5-6/h1-5,7-8H,12H2,(H,13,14). The molecule has 76 valence electrons. The zero-order valence-corrected chi connectivity index (χ0v) is 9.61. The number of rotatable bonds is 3. The number of alkyl halides is 2. The van der Waals surface area contributed by atoms with E-state index in [1.54, 1.807) is 0 Å². The highest BCUT2D eigenvalue weighted by atomic mass is 35.5. The van der Waals surface area contributed by atoms with E-state index in [1.807, 2.05) is 30.3 Å². The summed E-state index contributed by atoms with van der Waals surface area (Å²) in [6.07, 6.45) is -0.550. The zero-order valence-electron chi connectivity index (χ0n) is 7.28. The number of nitrogens with two attached hydrogens (primary N) is 1. The van der Waals surface area contributed by atoms with E-state index in [-0.39, 0.29) is 0 Å². The summed E-state index contributed by atoms with van der Waals surface area (Å²) in [6.45, 7) is 0. The molecule has 5 heteroatoms. The van der Waals surface area contributed by atoms with Gasteiger partial charge in [0.1, 0.15) is 16.0 Å². The zero-order chi connectivity index (χ0) is 10.6. The fraction of sp³-hybridized carbons (Fsp3) is 0.222. The smallest absolute Gasteiger partial charge is 0.140 e. The van der Waals surface area contributed by atoms with Crippen LogP contribution >= 0.6 is 35.4 Å². The second kappa shape index (κ2) is 5.51. The van der Waals surface area contributed by atoms with Gasteiger partial charge in [-0.25, -0.2) is 0 Å². The molecule has 2 nitrogen and oxygen atoms in total. The molecule has 1 rings (SSSR count). The van der Waals surface area contributed by atoms with E-state index in [9.17, 15) is 0 Å². The summed E-state index contributed by atoms with van der Waals surface area (Å²) < 4.78 is 0. The molecule has 1 aromatic carbocycles. The van der Waals surface area contributed by atoms with Gasteiger partial charge in [0.15, 0.2) is 0 Å². The van der Waals surface area contributed by atoms with Crippen LogP contribution in [0.15, 0.2) is 30.3 Å². The van der Waals surface area contributed by atoms with Crippen LogP contribution in [-0.2, 0) is 0 Å². The Morgan fingerprint density at radius 2 is 1.86 bits per heavy atom. The third kappa shape index (κ3) is 3.42. The summed E-state index contributed by atoms with van der Waals surface area (Å²) in [5.74, 6) is 0. The minimum atomic E-state index is -0.684. The van der Waals surface area contributed by atoms with Crippen molar-refractivity contribution in [3.63, 3.8) is 0 Å². The molecule has 0 heterocycles. The van der Waals surface area contributed by atoms with Gasteiger partial charge < -0.3 is 11.1 Å². The summed E-state index contributed by atoms with van der Waals surface area (Å²) in [4.78, 5) is -0.138. The molecular formula is C9H10Cl2N2S. The van der Waals surface area contributed by atoms with Crippen molar-refractivity contribution in [2.75, 3.05) is 0 Å². The fourth-order valence-corrected chi connectivity index (χ4v) is 1.29. The van der Waals surface area contributed by atoms with Crippen LogP contribution in [0.25, 0.3) is 0 Å². The quantitative estimate of drug-likeness (QED) is 0.489. The lowest BCUT2D eigenvalue weighted by molar-refractivity contribution is 0.683. The van der Waals surface area contributed by atoms with E-state index in [2.05, 4.69) is 5.32 Å². The first-order valence-electron chi connectivity index (χ1n) is 4.01.